The Hall–Kier alpha value is -3.12. The van der Waals surface area contributed by atoms with E-state index in [4.69, 9.17) is 15.1 Å². The summed E-state index contributed by atoms with van der Waals surface area (Å²) in [6.07, 6.45) is -1.01. The van der Waals surface area contributed by atoms with Gasteiger partial charge in [-0.25, -0.2) is 9.59 Å². The third kappa shape index (κ3) is 6.78. The molecule has 140 valence electrons. The van der Waals surface area contributed by atoms with E-state index in [1.165, 1.54) is 6.92 Å². The lowest BCUT2D eigenvalue weighted by molar-refractivity contribution is -0.143. The largest absolute Gasteiger partial charge is 0.480 e. The van der Waals surface area contributed by atoms with E-state index in [0.717, 1.165) is 5.56 Å². The molecule has 0 saturated heterocycles. The Morgan fingerprint density at radius 2 is 1.88 bits per heavy atom. The molecule has 0 heterocycles. The molecular formula is C17H21N3O6. The molecule has 9 nitrogen and oxygen atoms in total. The van der Waals surface area contributed by atoms with E-state index in [-0.39, 0.29) is 13.0 Å². The third-order valence-electron chi connectivity index (χ3n) is 3.55. The van der Waals surface area contributed by atoms with Gasteiger partial charge in [-0.15, -0.1) is 0 Å². The van der Waals surface area contributed by atoms with E-state index in [0.29, 0.717) is 0 Å². The number of aliphatic hydroxyl groups excluding tert-OH is 1. The van der Waals surface area contributed by atoms with Gasteiger partial charge < -0.3 is 25.6 Å². The Morgan fingerprint density at radius 3 is 2.42 bits per heavy atom. The fraction of sp³-hybridized carbons (Fsp3) is 0.412. The van der Waals surface area contributed by atoms with Gasteiger partial charge >= 0.3 is 12.1 Å². The number of nitrogens with one attached hydrogen (secondary N) is 2. The number of nitriles is 1. The quantitative estimate of drug-likeness (QED) is 0.496. The van der Waals surface area contributed by atoms with E-state index in [1.807, 2.05) is 12.1 Å². The molecule has 0 spiro atoms. The molecule has 26 heavy (non-hydrogen) atoms. The number of amides is 2. The molecule has 1 aromatic carbocycles. The molecule has 2 amide bonds. The molecule has 0 unspecified atom stereocenters. The normalized spacial score (nSPS) is 13.6. The van der Waals surface area contributed by atoms with Gasteiger partial charge in [-0.2, -0.15) is 5.26 Å². The summed E-state index contributed by atoms with van der Waals surface area (Å²) < 4.78 is 4.95. The zero-order chi connectivity index (χ0) is 19.5. The highest BCUT2D eigenvalue weighted by molar-refractivity contribution is 5.89. The maximum Gasteiger partial charge on any atom is 0.408 e. The highest BCUT2D eigenvalue weighted by Crippen LogP contribution is 2.08. The standard InChI is InChI=1S/C17H21N3O6/c1-11(7-8-18)14(16(23)24)20-15(22)13(9-21)19-17(25)26-10-12-5-3-2-4-6-12/h2-6,11,13-14,21H,7,9-10H2,1H3,(H,19,25)(H,20,22)(H,23,24)/t11-,13-,14-/m0/s1. The Bertz CT molecular complexity index is 658. The molecule has 0 aliphatic heterocycles. The molecule has 4 N–H and O–H groups in total. The maximum absolute atomic E-state index is 12.1. The summed E-state index contributed by atoms with van der Waals surface area (Å²) in [6, 6.07) is 7.98. The first-order valence-corrected chi connectivity index (χ1v) is 7.87. The van der Waals surface area contributed by atoms with Crippen LogP contribution in [0.3, 0.4) is 0 Å². The predicted octanol–water partition coefficient (Wildman–Crippen LogP) is 0.393. The Kier molecular flexibility index (Phi) is 8.60. The van der Waals surface area contributed by atoms with Crippen molar-refractivity contribution in [2.45, 2.75) is 32.0 Å². The molecule has 1 aromatic rings. The average molecular weight is 363 g/mol. The van der Waals surface area contributed by atoms with Crippen molar-refractivity contribution in [1.82, 2.24) is 10.6 Å². The van der Waals surface area contributed by atoms with Crippen LogP contribution in [0.25, 0.3) is 0 Å². The van der Waals surface area contributed by atoms with Crippen LogP contribution in [-0.2, 0) is 20.9 Å². The highest BCUT2D eigenvalue weighted by Gasteiger charge is 2.30. The minimum Gasteiger partial charge on any atom is -0.480 e. The van der Waals surface area contributed by atoms with Gasteiger partial charge in [-0.1, -0.05) is 37.3 Å². The number of hydrogen-bond donors (Lipinski definition) is 4. The lowest BCUT2D eigenvalue weighted by atomic mass is 9.98. The Labute approximate surface area is 150 Å². The zero-order valence-corrected chi connectivity index (χ0v) is 14.2. The van der Waals surface area contributed by atoms with Crippen molar-refractivity contribution >= 4 is 18.0 Å². The van der Waals surface area contributed by atoms with Crippen LogP contribution in [0.4, 0.5) is 4.79 Å². The summed E-state index contributed by atoms with van der Waals surface area (Å²) in [5.41, 5.74) is 0.740. The smallest absolute Gasteiger partial charge is 0.408 e. The van der Waals surface area contributed by atoms with Gasteiger partial charge in [0.1, 0.15) is 18.7 Å². The average Bonchev–Trinajstić information content (AvgIpc) is 2.62. The predicted molar refractivity (Wildman–Crippen MR) is 89.6 cm³/mol. The SMILES string of the molecule is C[C@@H](CC#N)[C@H](NC(=O)[C@H](CO)NC(=O)OCc1ccccc1)C(=O)O. The number of carboxylic acids is 1. The fourth-order valence-electron chi connectivity index (χ4n) is 2.06. The molecule has 0 radical (unpaired) electrons. The van der Waals surface area contributed by atoms with E-state index in [9.17, 15) is 19.5 Å². The summed E-state index contributed by atoms with van der Waals surface area (Å²) in [5.74, 6) is -2.85. The first kappa shape index (κ1) is 20.9. The van der Waals surface area contributed by atoms with Crippen LogP contribution in [0.5, 0.6) is 0 Å². The first-order valence-electron chi connectivity index (χ1n) is 7.87. The van der Waals surface area contributed by atoms with Crippen LogP contribution in [0.2, 0.25) is 0 Å². The van der Waals surface area contributed by atoms with Gasteiger partial charge in [0.25, 0.3) is 0 Å². The Balaban J connectivity index is 2.60. The van der Waals surface area contributed by atoms with Gasteiger partial charge in [0.2, 0.25) is 5.91 Å². The van der Waals surface area contributed by atoms with Crippen molar-refractivity contribution in [3.05, 3.63) is 35.9 Å². The monoisotopic (exact) mass is 363 g/mol. The molecule has 0 aromatic heterocycles. The van der Waals surface area contributed by atoms with Crippen molar-refractivity contribution in [1.29, 1.82) is 5.26 Å². The lowest BCUT2D eigenvalue weighted by Gasteiger charge is -2.22. The number of nitrogens with zero attached hydrogens (tertiary/aromatic N) is 1. The number of aliphatic carboxylic acids is 1. The minimum atomic E-state index is -1.38. The molecule has 0 aliphatic carbocycles. The van der Waals surface area contributed by atoms with E-state index in [2.05, 4.69) is 10.6 Å². The summed E-state index contributed by atoms with van der Waals surface area (Å²) in [5, 5.41) is 31.5. The molecule has 1 rings (SSSR count). The number of benzene rings is 1. The molecule has 0 aliphatic rings. The summed E-state index contributed by atoms with van der Waals surface area (Å²) in [6.45, 7) is 0.729. The number of alkyl carbamates (subject to hydrolysis) is 1. The topological polar surface area (TPSA) is 149 Å². The van der Waals surface area contributed by atoms with Crippen LogP contribution < -0.4 is 10.6 Å². The Morgan fingerprint density at radius 1 is 1.23 bits per heavy atom. The molecule has 0 bridgehead atoms. The van der Waals surface area contributed by atoms with Gasteiger partial charge in [0.05, 0.1) is 12.7 Å². The fourth-order valence-corrected chi connectivity index (χ4v) is 2.06. The minimum absolute atomic E-state index is 0.0244. The second-order valence-corrected chi connectivity index (χ2v) is 5.61. The lowest BCUT2D eigenvalue weighted by Crippen LogP contribution is -2.54. The van der Waals surface area contributed by atoms with E-state index < -0.39 is 42.6 Å². The molecule has 3 atom stereocenters. The van der Waals surface area contributed by atoms with Crippen LogP contribution >= 0.6 is 0 Å². The van der Waals surface area contributed by atoms with Gasteiger partial charge in [-0.05, 0) is 5.56 Å². The van der Waals surface area contributed by atoms with Crippen LogP contribution in [0.1, 0.15) is 18.9 Å². The number of ether oxygens (including phenoxy) is 1. The summed E-state index contributed by atoms with van der Waals surface area (Å²) in [4.78, 5) is 35.1. The molecular weight excluding hydrogens is 342 g/mol. The van der Waals surface area contributed by atoms with Crippen molar-refractivity contribution in [2.75, 3.05) is 6.61 Å². The van der Waals surface area contributed by atoms with Crippen molar-refractivity contribution in [3.8, 4) is 6.07 Å². The van der Waals surface area contributed by atoms with Crippen molar-refractivity contribution in [3.63, 3.8) is 0 Å². The van der Waals surface area contributed by atoms with Crippen molar-refractivity contribution in [2.24, 2.45) is 5.92 Å². The highest BCUT2D eigenvalue weighted by atomic mass is 16.5. The first-order chi connectivity index (χ1) is 12.4. The number of carbonyl (C=O) groups is 3. The van der Waals surface area contributed by atoms with E-state index in [1.54, 1.807) is 24.3 Å². The van der Waals surface area contributed by atoms with Gasteiger partial charge in [-0.3, -0.25) is 4.79 Å². The molecule has 0 fully saturated rings. The van der Waals surface area contributed by atoms with Gasteiger partial charge in [0.15, 0.2) is 0 Å². The number of rotatable bonds is 9. The second kappa shape index (κ2) is 10.7. The number of carboxylic acid groups (broad SMARTS) is 1. The van der Waals surface area contributed by atoms with Crippen LogP contribution in [-0.4, -0.2) is 46.9 Å². The van der Waals surface area contributed by atoms with E-state index >= 15 is 0 Å². The summed E-state index contributed by atoms with van der Waals surface area (Å²) in [7, 11) is 0. The maximum atomic E-state index is 12.1. The third-order valence-corrected chi connectivity index (χ3v) is 3.55. The van der Waals surface area contributed by atoms with Crippen LogP contribution in [0.15, 0.2) is 30.3 Å². The second-order valence-electron chi connectivity index (χ2n) is 5.61. The van der Waals surface area contributed by atoms with Gasteiger partial charge in [0, 0.05) is 12.3 Å². The number of hydrogen-bond acceptors (Lipinski definition) is 6. The zero-order valence-electron chi connectivity index (χ0n) is 14.2. The molecule has 0 saturated carbocycles. The van der Waals surface area contributed by atoms with Crippen LogP contribution in [0, 0.1) is 17.2 Å². The molecule has 9 heteroatoms. The number of carbonyl (C=O) groups excluding carboxylic acids is 2. The number of aliphatic hydroxyl groups is 1. The van der Waals surface area contributed by atoms with Crippen molar-refractivity contribution < 1.29 is 29.3 Å². The summed E-state index contributed by atoms with van der Waals surface area (Å²) >= 11 is 0.